The van der Waals surface area contributed by atoms with Gasteiger partial charge in [-0.2, -0.15) is 11.8 Å². The third kappa shape index (κ3) is 1.23. The molecule has 40 valence electrons. The van der Waals surface area contributed by atoms with Gasteiger partial charge in [0.15, 0.2) is 0 Å². The molecule has 0 aliphatic carbocycles. The second-order valence-electron chi connectivity index (χ2n) is 2.03. The standard InChI is InChI=1S/C6H10S/c1-5-3-6(2)7-4-5/h3,6H,4H2,1-2H3. The molecule has 0 aromatic carbocycles. The molecule has 0 aromatic heterocycles. The summed E-state index contributed by atoms with van der Waals surface area (Å²) in [4.78, 5) is 0. The maximum Gasteiger partial charge on any atom is 0.0204 e. The van der Waals surface area contributed by atoms with E-state index >= 15 is 0 Å². The maximum absolute atomic E-state index is 2.32. The van der Waals surface area contributed by atoms with E-state index in [1.807, 2.05) is 11.8 Å². The normalized spacial score (nSPS) is 30.6. The van der Waals surface area contributed by atoms with Crippen molar-refractivity contribution in [3.8, 4) is 0 Å². The van der Waals surface area contributed by atoms with Crippen molar-refractivity contribution >= 4 is 11.8 Å². The minimum atomic E-state index is 0.778. The molecule has 1 atom stereocenters. The van der Waals surface area contributed by atoms with Gasteiger partial charge in [0.2, 0.25) is 0 Å². The smallest absolute Gasteiger partial charge is 0.0204 e. The molecule has 0 radical (unpaired) electrons. The van der Waals surface area contributed by atoms with Gasteiger partial charge in [-0.1, -0.05) is 11.6 Å². The quantitative estimate of drug-likeness (QED) is 0.434. The van der Waals surface area contributed by atoms with Crippen molar-refractivity contribution in [2.45, 2.75) is 19.1 Å². The van der Waals surface area contributed by atoms with Crippen LogP contribution in [0.4, 0.5) is 0 Å². The summed E-state index contributed by atoms with van der Waals surface area (Å²) in [6.07, 6.45) is 2.32. The highest BCUT2D eigenvalue weighted by molar-refractivity contribution is 8.00. The second-order valence-corrected chi connectivity index (χ2v) is 3.39. The molecular formula is C6H10S. The molecule has 1 aliphatic rings. The van der Waals surface area contributed by atoms with Crippen LogP contribution in [0.3, 0.4) is 0 Å². The zero-order valence-corrected chi connectivity index (χ0v) is 5.59. The summed E-state index contributed by atoms with van der Waals surface area (Å²) in [7, 11) is 0. The Kier molecular flexibility index (Phi) is 1.43. The van der Waals surface area contributed by atoms with Crippen LogP contribution in [0.5, 0.6) is 0 Å². The van der Waals surface area contributed by atoms with Crippen LogP contribution < -0.4 is 0 Å². The second kappa shape index (κ2) is 1.91. The molecule has 7 heavy (non-hydrogen) atoms. The van der Waals surface area contributed by atoms with Crippen LogP contribution in [-0.2, 0) is 0 Å². The van der Waals surface area contributed by atoms with Gasteiger partial charge in [-0.3, -0.25) is 0 Å². The Balaban J connectivity index is 2.50. The first kappa shape index (κ1) is 5.23. The van der Waals surface area contributed by atoms with Crippen LogP contribution in [0.2, 0.25) is 0 Å². The van der Waals surface area contributed by atoms with E-state index in [1.54, 1.807) is 0 Å². The van der Waals surface area contributed by atoms with E-state index in [9.17, 15) is 0 Å². The maximum atomic E-state index is 2.32. The SMILES string of the molecule is CC1=CC(C)SC1. The van der Waals surface area contributed by atoms with E-state index in [1.165, 1.54) is 11.3 Å². The van der Waals surface area contributed by atoms with Gasteiger partial charge in [-0.15, -0.1) is 0 Å². The Morgan fingerprint density at radius 2 is 2.57 bits per heavy atom. The van der Waals surface area contributed by atoms with E-state index in [0.717, 1.165) is 5.25 Å². The van der Waals surface area contributed by atoms with Gasteiger partial charge in [0, 0.05) is 11.0 Å². The predicted molar refractivity (Wildman–Crippen MR) is 35.7 cm³/mol. The average Bonchev–Trinajstić information content (AvgIpc) is 1.87. The minimum absolute atomic E-state index is 0.778. The van der Waals surface area contributed by atoms with E-state index in [0.29, 0.717) is 0 Å². The molecule has 1 aliphatic heterocycles. The molecule has 0 saturated heterocycles. The lowest BCUT2D eigenvalue weighted by molar-refractivity contribution is 1.25. The van der Waals surface area contributed by atoms with Crippen LogP contribution in [0, 0.1) is 0 Å². The summed E-state index contributed by atoms with van der Waals surface area (Å²) in [5.74, 6) is 1.25. The van der Waals surface area contributed by atoms with Crippen molar-refractivity contribution in [3.05, 3.63) is 11.6 Å². The first-order chi connectivity index (χ1) is 3.29. The molecule has 0 spiro atoms. The fourth-order valence-electron chi connectivity index (χ4n) is 0.760. The van der Waals surface area contributed by atoms with Crippen molar-refractivity contribution in [1.82, 2.24) is 0 Å². The highest BCUT2D eigenvalue weighted by Gasteiger charge is 2.05. The van der Waals surface area contributed by atoms with Crippen LogP contribution in [0.1, 0.15) is 13.8 Å². The number of thioether (sulfide) groups is 1. The first-order valence-electron chi connectivity index (χ1n) is 2.58. The third-order valence-electron chi connectivity index (χ3n) is 1.09. The average molecular weight is 114 g/mol. The van der Waals surface area contributed by atoms with Crippen LogP contribution in [0.15, 0.2) is 11.6 Å². The molecule has 1 heteroatoms. The fraction of sp³-hybridized carbons (Fsp3) is 0.667. The van der Waals surface area contributed by atoms with Gasteiger partial charge in [0.25, 0.3) is 0 Å². The zero-order chi connectivity index (χ0) is 5.28. The summed E-state index contributed by atoms with van der Waals surface area (Å²) < 4.78 is 0. The highest BCUT2D eigenvalue weighted by Crippen LogP contribution is 2.23. The van der Waals surface area contributed by atoms with E-state index in [-0.39, 0.29) is 0 Å². The molecule has 0 aromatic rings. The van der Waals surface area contributed by atoms with Crippen molar-refractivity contribution < 1.29 is 0 Å². The lowest BCUT2D eigenvalue weighted by Crippen LogP contribution is -1.79. The minimum Gasteiger partial charge on any atom is -0.150 e. The summed E-state index contributed by atoms with van der Waals surface area (Å²) >= 11 is 2.01. The van der Waals surface area contributed by atoms with Gasteiger partial charge in [0.05, 0.1) is 0 Å². The van der Waals surface area contributed by atoms with Gasteiger partial charge in [0.1, 0.15) is 0 Å². The van der Waals surface area contributed by atoms with Crippen molar-refractivity contribution in [2.24, 2.45) is 0 Å². The fourth-order valence-corrected chi connectivity index (χ4v) is 1.71. The lowest BCUT2D eigenvalue weighted by atomic mass is 10.3. The monoisotopic (exact) mass is 114 g/mol. The summed E-state index contributed by atoms with van der Waals surface area (Å²) in [6, 6.07) is 0. The van der Waals surface area contributed by atoms with Crippen LogP contribution in [0.25, 0.3) is 0 Å². The predicted octanol–water partition coefficient (Wildman–Crippen LogP) is 2.07. The van der Waals surface area contributed by atoms with E-state index in [4.69, 9.17) is 0 Å². The Bertz CT molecular complexity index is 94.4. The highest BCUT2D eigenvalue weighted by atomic mass is 32.2. The van der Waals surface area contributed by atoms with Crippen molar-refractivity contribution in [3.63, 3.8) is 0 Å². The van der Waals surface area contributed by atoms with Gasteiger partial charge in [-0.25, -0.2) is 0 Å². The van der Waals surface area contributed by atoms with Crippen LogP contribution in [-0.4, -0.2) is 11.0 Å². The van der Waals surface area contributed by atoms with Gasteiger partial charge < -0.3 is 0 Å². The van der Waals surface area contributed by atoms with Gasteiger partial charge >= 0.3 is 0 Å². The Labute approximate surface area is 49.0 Å². The topological polar surface area (TPSA) is 0 Å². The molecular weight excluding hydrogens is 104 g/mol. The largest absolute Gasteiger partial charge is 0.150 e. The Morgan fingerprint density at radius 3 is 2.71 bits per heavy atom. The molecule has 0 amide bonds. The summed E-state index contributed by atoms with van der Waals surface area (Å²) in [6.45, 7) is 4.43. The lowest BCUT2D eigenvalue weighted by Gasteiger charge is -1.89. The molecule has 1 heterocycles. The zero-order valence-electron chi connectivity index (χ0n) is 4.77. The number of hydrogen-bond acceptors (Lipinski definition) is 1. The Hall–Kier alpha value is 0.0900. The van der Waals surface area contributed by atoms with E-state index < -0.39 is 0 Å². The Morgan fingerprint density at radius 1 is 1.86 bits per heavy atom. The van der Waals surface area contributed by atoms with Gasteiger partial charge in [-0.05, 0) is 13.8 Å². The van der Waals surface area contributed by atoms with Crippen molar-refractivity contribution in [1.29, 1.82) is 0 Å². The van der Waals surface area contributed by atoms with Crippen LogP contribution >= 0.6 is 11.8 Å². The first-order valence-corrected chi connectivity index (χ1v) is 3.63. The summed E-state index contributed by atoms with van der Waals surface area (Å²) in [5, 5.41) is 0.778. The number of rotatable bonds is 0. The third-order valence-corrected chi connectivity index (χ3v) is 2.38. The molecule has 1 rings (SSSR count). The van der Waals surface area contributed by atoms with E-state index in [2.05, 4.69) is 19.9 Å². The number of hydrogen-bond donors (Lipinski definition) is 0. The molecule has 0 fully saturated rings. The van der Waals surface area contributed by atoms with Crippen molar-refractivity contribution in [2.75, 3.05) is 5.75 Å². The molecule has 0 bridgehead atoms. The molecule has 0 nitrogen and oxygen atoms in total. The molecule has 1 unspecified atom stereocenters. The molecule has 0 saturated carbocycles. The molecule has 0 N–H and O–H groups in total. The summed E-state index contributed by atoms with van der Waals surface area (Å²) in [5.41, 5.74) is 1.54.